The number of nitrogen functional groups attached to an aromatic ring is 1. The van der Waals surface area contributed by atoms with Crippen molar-refractivity contribution < 1.29 is 29.6 Å². The second-order valence-electron chi connectivity index (χ2n) is 7.65. The number of hydrogen-bond acceptors (Lipinski definition) is 10. The Morgan fingerprint density at radius 2 is 1.97 bits per heavy atom. The van der Waals surface area contributed by atoms with Crippen molar-refractivity contribution in [3.05, 3.63) is 46.5 Å². The molecule has 5 N–H and O–H groups in total. The molecule has 34 heavy (non-hydrogen) atoms. The molecule has 0 unspecified atom stereocenters. The van der Waals surface area contributed by atoms with Crippen LogP contribution in [0.25, 0.3) is 11.2 Å². The number of aliphatic hydroxyl groups is 3. The molecule has 4 heterocycles. The van der Waals surface area contributed by atoms with E-state index in [4.69, 9.17) is 22.1 Å². The minimum atomic E-state index is -1.35. The highest BCUT2D eigenvalue weighted by atomic mass is 35.5. The van der Waals surface area contributed by atoms with E-state index in [0.29, 0.717) is 0 Å². The first-order valence-corrected chi connectivity index (χ1v) is 10.5. The lowest BCUT2D eigenvalue weighted by molar-refractivity contribution is -0.0511. The minimum Gasteiger partial charge on any atom is -0.394 e. The van der Waals surface area contributed by atoms with E-state index in [2.05, 4.69) is 26.8 Å². The normalized spacial score (nSPS) is 23.9. The van der Waals surface area contributed by atoms with Crippen LogP contribution in [-0.2, 0) is 4.74 Å². The molecule has 5 rings (SSSR count). The molecule has 0 bridgehead atoms. The third-order valence-electron chi connectivity index (χ3n) is 5.63. The van der Waals surface area contributed by atoms with E-state index in [-0.39, 0.29) is 45.5 Å². The Bertz CT molecular complexity index is 1400. The summed E-state index contributed by atoms with van der Waals surface area (Å²) in [6, 6.07) is 4.64. The van der Waals surface area contributed by atoms with E-state index in [0.717, 1.165) is 4.90 Å². The number of nitrogens with zero attached hydrogens (tertiary/aromatic N) is 5. The number of hydrogen-bond donors (Lipinski definition) is 4. The maximum Gasteiger partial charge on any atom is 0.263 e. The number of imidazole rings is 1. The van der Waals surface area contributed by atoms with Gasteiger partial charge in [-0.2, -0.15) is 0 Å². The summed E-state index contributed by atoms with van der Waals surface area (Å²) in [5, 5.41) is 29.9. The van der Waals surface area contributed by atoms with E-state index >= 15 is 0 Å². The SMILES string of the molecule is Nc1nc(C#CCN2C(=O)c3cccc(Cl)c3C2=O)nc2c1ncn2[C@@H]1O[C@H](CO)[C@@H](O)[C@H]1O. The van der Waals surface area contributed by atoms with Crippen molar-refractivity contribution in [3.8, 4) is 11.8 Å². The van der Waals surface area contributed by atoms with Gasteiger partial charge in [-0.05, 0) is 18.1 Å². The number of aliphatic hydroxyl groups excluding tert-OH is 3. The maximum atomic E-state index is 12.6. The number of benzene rings is 1. The Balaban J connectivity index is 1.42. The van der Waals surface area contributed by atoms with Crippen LogP contribution in [0.1, 0.15) is 32.8 Å². The fourth-order valence-corrected chi connectivity index (χ4v) is 4.18. The van der Waals surface area contributed by atoms with Crippen LogP contribution < -0.4 is 5.73 Å². The number of nitrogens with two attached hydrogens (primary N) is 1. The number of fused-ring (bicyclic) bond motifs is 2. The molecule has 3 aromatic rings. The number of imide groups is 1. The number of carbonyl (C=O) groups is 2. The van der Waals surface area contributed by atoms with Gasteiger partial charge in [0.25, 0.3) is 11.8 Å². The molecular weight excluding hydrogens is 468 g/mol. The smallest absolute Gasteiger partial charge is 0.263 e. The van der Waals surface area contributed by atoms with E-state index < -0.39 is 43.0 Å². The van der Waals surface area contributed by atoms with Crippen LogP contribution in [0, 0.1) is 11.8 Å². The van der Waals surface area contributed by atoms with Gasteiger partial charge in [0.15, 0.2) is 17.7 Å². The zero-order chi connectivity index (χ0) is 24.1. The molecular formula is C21H17ClN6O6. The number of rotatable bonds is 3. The topological polar surface area (TPSA) is 177 Å². The van der Waals surface area contributed by atoms with Gasteiger partial charge in [0.1, 0.15) is 23.8 Å². The van der Waals surface area contributed by atoms with Gasteiger partial charge < -0.3 is 25.8 Å². The summed E-state index contributed by atoms with van der Waals surface area (Å²) in [7, 11) is 0. The Hall–Kier alpha value is -3.60. The number of amides is 2. The first kappa shape index (κ1) is 22.2. The summed E-state index contributed by atoms with van der Waals surface area (Å²) in [5.41, 5.74) is 6.73. The quantitative estimate of drug-likeness (QED) is 0.275. The second kappa shape index (κ2) is 8.32. The first-order valence-electron chi connectivity index (χ1n) is 10.1. The molecule has 12 nitrogen and oxygen atoms in total. The molecule has 2 aromatic heterocycles. The first-order chi connectivity index (χ1) is 16.3. The van der Waals surface area contributed by atoms with E-state index in [1.807, 2.05) is 0 Å². The van der Waals surface area contributed by atoms with Gasteiger partial charge in [0.2, 0.25) is 5.82 Å². The molecule has 2 amide bonds. The highest BCUT2D eigenvalue weighted by molar-refractivity contribution is 6.37. The fourth-order valence-electron chi connectivity index (χ4n) is 3.92. The van der Waals surface area contributed by atoms with Gasteiger partial charge in [-0.25, -0.2) is 15.0 Å². The lowest BCUT2D eigenvalue weighted by Crippen LogP contribution is -2.33. The predicted octanol–water partition coefficient (Wildman–Crippen LogP) is -0.679. The molecule has 2 aliphatic heterocycles. The van der Waals surface area contributed by atoms with Crippen LogP contribution in [-0.4, -0.2) is 83.0 Å². The Kier molecular flexibility index (Phi) is 5.43. The van der Waals surface area contributed by atoms with Crippen molar-refractivity contribution in [2.45, 2.75) is 24.5 Å². The summed E-state index contributed by atoms with van der Waals surface area (Å²) in [5.74, 6) is 4.30. The number of aromatic nitrogens is 4. The van der Waals surface area contributed by atoms with E-state index in [9.17, 15) is 24.9 Å². The Morgan fingerprint density at radius 3 is 2.68 bits per heavy atom. The number of ether oxygens (including phenoxy) is 1. The standard InChI is InChI=1S/C21H17ClN6O6/c22-10-4-1-3-9-13(10)20(33)27(19(9)32)6-2-5-12-25-17(23)14-18(26-12)28(8-24-14)21-16(31)15(30)11(7-29)34-21/h1,3-4,8,11,15-16,21,29-31H,6-7H2,(H2,23,25,26)/t11-,15-,16-,21-/m1/s1. The van der Waals surface area contributed by atoms with Gasteiger partial charge in [-0.3, -0.25) is 19.1 Å². The van der Waals surface area contributed by atoms with Crippen molar-refractivity contribution in [3.63, 3.8) is 0 Å². The highest BCUT2D eigenvalue weighted by Crippen LogP contribution is 2.32. The van der Waals surface area contributed by atoms with Gasteiger partial charge in [-0.15, -0.1) is 0 Å². The van der Waals surface area contributed by atoms with Crippen LogP contribution in [0.5, 0.6) is 0 Å². The summed E-state index contributed by atoms with van der Waals surface area (Å²) in [4.78, 5) is 38.6. The number of halogens is 1. The van der Waals surface area contributed by atoms with Gasteiger partial charge >= 0.3 is 0 Å². The van der Waals surface area contributed by atoms with Crippen molar-refractivity contribution in [1.29, 1.82) is 0 Å². The van der Waals surface area contributed by atoms with Crippen LogP contribution in [0.15, 0.2) is 24.5 Å². The largest absolute Gasteiger partial charge is 0.394 e. The van der Waals surface area contributed by atoms with Gasteiger partial charge in [0.05, 0.1) is 35.6 Å². The monoisotopic (exact) mass is 484 g/mol. The molecule has 0 spiro atoms. The fraction of sp³-hybridized carbons (Fsp3) is 0.286. The summed E-state index contributed by atoms with van der Waals surface area (Å²) in [6.07, 6.45) is -3.39. The number of anilines is 1. The molecule has 13 heteroatoms. The van der Waals surface area contributed by atoms with Crippen molar-refractivity contribution >= 4 is 40.4 Å². The molecule has 1 aromatic carbocycles. The van der Waals surface area contributed by atoms with Crippen LogP contribution in [0.3, 0.4) is 0 Å². The van der Waals surface area contributed by atoms with Gasteiger partial charge in [-0.1, -0.05) is 23.6 Å². The van der Waals surface area contributed by atoms with Crippen molar-refractivity contribution in [2.75, 3.05) is 18.9 Å². The Labute approximate surface area is 196 Å². The van der Waals surface area contributed by atoms with E-state index in [1.54, 1.807) is 6.07 Å². The van der Waals surface area contributed by atoms with Crippen molar-refractivity contribution in [1.82, 2.24) is 24.4 Å². The predicted molar refractivity (Wildman–Crippen MR) is 116 cm³/mol. The summed E-state index contributed by atoms with van der Waals surface area (Å²) >= 11 is 6.06. The molecule has 174 valence electrons. The average molecular weight is 485 g/mol. The minimum absolute atomic E-state index is 0.00676. The second-order valence-corrected chi connectivity index (χ2v) is 8.05. The molecule has 0 radical (unpaired) electrons. The average Bonchev–Trinajstić information content (AvgIpc) is 3.44. The van der Waals surface area contributed by atoms with Crippen molar-refractivity contribution in [2.24, 2.45) is 0 Å². The van der Waals surface area contributed by atoms with Crippen LogP contribution >= 0.6 is 11.6 Å². The molecule has 0 saturated carbocycles. The molecule has 1 fully saturated rings. The highest BCUT2D eigenvalue weighted by Gasteiger charge is 2.44. The third kappa shape index (κ3) is 3.38. The lowest BCUT2D eigenvalue weighted by Gasteiger charge is -2.16. The molecule has 4 atom stereocenters. The molecule has 0 aliphatic carbocycles. The van der Waals surface area contributed by atoms with Crippen LogP contribution in [0.2, 0.25) is 5.02 Å². The summed E-state index contributed by atoms with van der Waals surface area (Å²) in [6.45, 7) is -0.712. The zero-order valence-corrected chi connectivity index (χ0v) is 18.0. The lowest BCUT2D eigenvalue weighted by atomic mass is 10.1. The maximum absolute atomic E-state index is 12.6. The Morgan fingerprint density at radius 1 is 1.18 bits per heavy atom. The third-order valence-corrected chi connectivity index (χ3v) is 5.94. The molecule has 2 aliphatic rings. The van der Waals surface area contributed by atoms with Crippen LogP contribution in [0.4, 0.5) is 5.82 Å². The molecule has 1 saturated heterocycles. The number of carbonyl (C=O) groups excluding carboxylic acids is 2. The van der Waals surface area contributed by atoms with Gasteiger partial charge in [0, 0.05) is 0 Å². The zero-order valence-electron chi connectivity index (χ0n) is 17.3. The van der Waals surface area contributed by atoms with E-state index in [1.165, 1.54) is 23.0 Å². The summed E-state index contributed by atoms with van der Waals surface area (Å²) < 4.78 is 6.88.